The first-order valence-corrected chi connectivity index (χ1v) is 4.23. The Bertz CT molecular complexity index is 145. The van der Waals surface area contributed by atoms with Gasteiger partial charge >= 0.3 is 0 Å². The second kappa shape index (κ2) is 3.70. The molecule has 1 saturated carbocycles. The fraction of sp³-hybridized carbons (Fsp3) is 1.00. The van der Waals surface area contributed by atoms with Crippen molar-refractivity contribution in [1.82, 2.24) is 0 Å². The highest BCUT2D eigenvalue weighted by atomic mass is 16.3. The molecule has 0 amide bonds. The molecule has 1 rings (SSSR count). The fourth-order valence-corrected chi connectivity index (χ4v) is 1.75. The van der Waals surface area contributed by atoms with Gasteiger partial charge in [0.05, 0.1) is 18.3 Å². The zero-order chi connectivity index (χ0) is 9.30. The molecule has 0 aromatic heterocycles. The van der Waals surface area contributed by atoms with Crippen LogP contribution in [0.1, 0.15) is 13.3 Å². The summed E-state index contributed by atoms with van der Waals surface area (Å²) in [5.41, 5.74) is 0. The molecule has 72 valence electrons. The lowest BCUT2D eigenvalue weighted by atomic mass is 9.76. The zero-order valence-corrected chi connectivity index (χ0v) is 7.09. The summed E-state index contributed by atoms with van der Waals surface area (Å²) in [7, 11) is 0. The van der Waals surface area contributed by atoms with Crippen molar-refractivity contribution in [3.8, 4) is 0 Å². The molecule has 12 heavy (non-hydrogen) atoms. The summed E-state index contributed by atoms with van der Waals surface area (Å²) in [6, 6.07) is 0. The molecule has 0 heterocycles. The predicted molar refractivity (Wildman–Crippen MR) is 42.4 cm³/mol. The Kier molecular flexibility index (Phi) is 3.06. The van der Waals surface area contributed by atoms with E-state index in [1.54, 1.807) is 6.92 Å². The van der Waals surface area contributed by atoms with Gasteiger partial charge in [0.2, 0.25) is 0 Å². The molecule has 4 N–H and O–H groups in total. The van der Waals surface area contributed by atoms with Crippen LogP contribution in [0.25, 0.3) is 0 Å². The zero-order valence-electron chi connectivity index (χ0n) is 7.09. The van der Waals surface area contributed by atoms with Gasteiger partial charge in [-0.1, -0.05) is 6.92 Å². The Morgan fingerprint density at radius 1 is 1.17 bits per heavy atom. The molecular weight excluding hydrogens is 160 g/mol. The maximum Gasteiger partial charge on any atom is 0.0849 e. The summed E-state index contributed by atoms with van der Waals surface area (Å²) in [4.78, 5) is 0. The standard InChI is InChI=1S/C8H16O4/c1-4-7(11)5(3-9)2-6(10)8(4)12/h4-12H,2-3H2,1H3. The van der Waals surface area contributed by atoms with E-state index in [1.165, 1.54) is 0 Å². The van der Waals surface area contributed by atoms with Crippen LogP contribution in [0, 0.1) is 11.8 Å². The van der Waals surface area contributed by atoms with Gasteiger partial charge in [-0.2, -0.15) is 0 Å². The number of hydrogen-bond donors (Lipinski definition) is 4. The first kappa shape index (κ1) is 9.92. The van der Waals surface area contributed by atoms with Crippen LogP contribution in [-0.2, 0) is 0 Å². The lowest BCUT2D eigenvalue weighted by Crippen LogP contribution is -2.49. The van der Waals surface area contributed by atoms with E-state index in [4.69, 9.17) is 5.11 Å². The maximum absolute atomic E-state index is 9.49. The van der Waals surface area contributed by atoms with Gasteiger partial charge in [0.1, 0.15) is 0 Å². The van der Waals surface area contributed by atoms with E-state index in [0.29, 0.717) is 0 Å². The average Bonchev–Trinajstić information content (AvgIpc) is 2.08. The van der Waals surface area contributed by atoms with Crippen molar-refractivity contribution in [3.05, 3.63) is 0 Å². The molecule has 1 aliphatic carbocycles. The highest BCUT2D eigenvalue weighted by molar-refractivity contribution is 4.89. The van der Waals surface area contributed by atoms with Crippen LogP contribution in [0.4, 0.5) is 0 Å². The first-order valence-electron chi connectivity index (χ1n) is 4.23. The van der Waals surface area contributed by atoms with E-state index in [-0.39, 0.29) is 24.9 Å². The summed E-state index contributed by atoms with van der Waals surface area (Å²) in [5.74, 6) is -0.677. The first-order chi connectivity index (χ1) is 5.57. The number of rotatable bonds is 1. The van der Waals surface area contributed by atoms with Gasteiger partial charge in [-0.3, -0.25) is 0 Å². The summed E-state index contributed by atoms with van der Waals surface area (Å²) in [5, 5.41) is 37.0. The fourth-order valence-electron chi connectivity index (χ4n) is 1.75. The van der Waals surface area contributed by atoms with Crippen molar-refractivity contribution >= 4 is 0 Å². The van der Waals surface area contributed by atoms with E-state index in [9.17, 15) is 15.3 Å². The summed E-state index contributed by atoms with van der Waals surface area (Å²) >= 11 is 0. The average molecular weight is 176 g/mol. The van der Waals surface area contributed by atoms with Crippen molar-refractivity contribution in [2.75, 3.05) is 6.61 Å². The number of hydrogen-bond acceptors (Lipinski definition) is 4. The third-order valence-corrected chi connectivity index (χ3v) is 2.73. The van der Waals surface area contributed by atoms with Gasteiger partial charge in [-0.25, -0.2) is 0 Å². The van der Waals surface area contributed by atoms with E-state index in [2.05, 4.69) is 0 Å². The molecular formula is C8H16O4. The Morgan fingerprint density at radius 2 is 1.75 bits per heavy atom. The SMILES string of the molecule is CC1C(O)C(O)CC(CO)C1O. The molecule has 1 fully saturated rings. The monoisotopic (exact) mass is 176 g/mol. The van der Waals surface area contributed by atoms with Gasteiger partial charge in [0.15, 0.2) is 0 Å². The topological polar surface area (TPSA) is 80.9 Å². The largest absolute Gasteiger partial charge is 0.396 e. The van der Waals surface area contributed by atoms with Gasteiger partial charge in [-0.15, -0.1) is 0 Å². The van der Waals surface area contributed by atoms with Crippen molar-refractivity contribution in [2.45, 2.75) is 31.7 Å². The van der Waals surface area contributed by atoms with E-state index < -0.39 is 18.3 Å². The van der Waals surface area contributed by atoms with Crippen LogP contribution in [0.2, 0.25) is 0 Å². The van der Waals surface area contributed by atoms with Gasteiger partial charge in [-0.05, 0) is 6.42 Å². The van der Waals surface area contributed by atoms with E-state index in [0.717, 1.165) is 0 Å². The summed E-state index contributed by atoms with van der Waals surface area (Å²) in [6.45, 7) is 1.52. The van der Waals surface area contributed by atoms with Crippen molar-refractivity contribution in [2.24, 2.45) is 11.8 Å². The van der Waals surface area contributed by atoms with Crippen LogP contribution in [-0.4, -0.2) is 45.3 Å². The molecule has 0 radical (unpaired) electrons. The van der Waals surface area contributed by atoms with Gasteiger partial charge < -0.3 is 20.4 Å². The number of aliphatic hydroxyl groups excluding tert-OH is 4. The van der Waals surface area contributed by atoms with Gasteiger partial charge in [0.25, 0.3) is 0 Å². The third-order valence-electron chi connectivity index (χ3n) is 2.73. The maximum atomic E-state index is 9.49. The summed E-state index contributed by atoms with van der Waals surface area (Å²) in [6.07, 6.45) is -2.14. The molecule has 0 aliphatic heterocycles. The molecule has 0 aromatic rings. The molecule has 4 nitrogen and oxygen atoms in total. The molecule has 0 bridgehead atoms. The highest BCUT2D eigenvalue weighted by Gasteiger charge is 2.39. The Balaban J connectivity index is 2.63. The van der Waals surface area contributed by atoms with Crippen LogP contribution in [0.3, 0.4) is 0 Å². The molecule has 0 saturated heterocycles. The minimum absolute atomic E-state index is 0.144. The van der Waals surface area contributed by atoms with Crippen molar-refractivity contribution in [1.29, 1.82) is 0 Å². The molecule has 1 aliphatic rings. The minimum Gasteiger partial charge on any atom is -0.396 e. The minimum atomic E-state index is -0.872. The Hall–Kier alpha value is -0.160. The van der Waals surface area contributed by atoms with E-state index >= 15 is 0 Å². The summed E-state index contributed by atoms with van der Waals surface area (Å²) < 4.78 is 0. The molecule has 0 spiro atoms. The molecule has 0 aromatic carbocycles. The lowest BCUT2D eigenvalue weighted by Gasteiger charge is -2.38. The predicted octanol–water partition coefficient (Wildman–Crippen LogP) is -1.28. The van der Waals surface area contributed by atoms with Gasteiger partial charge in [0, 0.05) is 18.4 Å². The lowest BCUT2D eigenvalue weighted by molar-refractivity contribution is -0.123. The van der Waals surface area contributed by atoms with Crippen LogP contribution < -0.4 is 0 Å². The second-order valence-corrected chi connectivity index (χ2v) is 3.59. The van der Waals surface area contributed by atoms with Crippen LogP contribution >= 0.6 is 0 Å². The quantitative estimate of drug-likeness (QED) is 0.401. The Morgan fingerprint density at radius 3 is 2.25 bits per heavy atom. The second-order valence-electron chi connectivity index (χ2n) is 3.59. The Labute approximate surface area is 71.5 Å². The van der Waals surface area contributed by atoms with Crippen molar-refractivity contribution < 1.29 is 20.4 Å². The normalized spacial score (nSPS) is 49.2. The molecule has 5 atom stereocenters. The third kappa shape index (κ3) is 1.61. The van der Waals surface area contributed by atoms with E-state index in [1.807, 2.05) is 0 Å². The van der Waals surface area contributed by atoms with Crippen LogP contribution in [0.5, 0.6) is 0 Å². The van der Waals surface area contributed by atoms with Crippen LogP contribution in [0.15, 0.2) is 0 Å². The molecule has 5 unspecified atom stereocenters. The number of aliphatic hydroxyl groups is 4. The smallest absolute Gasteiger partial charge is 0.0849 e. The molecule has 4 heteroatoms. The van der Waals surface area contributed by atoms with Crippen molar-refractivity contribution in [3.63, 3.8) is 0 Å². The highest BCUT2D eigenvalue weighted by Crippen LogP contribution is 2.29.